The number of rotatable bonds is 3. The van der Waals surface area contributed by atoms with Gasteiger partial charge in [0.1, 0.15) is 11.4 Å². The van der Waals surface area contributed by atoms with Gasteiger partial charge in [-0.05, 0) is 30.3 Å². The zero-order valence-corrected chi connectivity index (χ0v) is 12.0. The molecule has 1 heterocycles. The second-order valence-corrected chi connectivity index (χ2v) is 4.67. The smallest absolute Gasteiger partial charge is 0.433 e. The van der Waals surface area contributed by atoms with E-state index >= 15 is 0 Å². The summed E-state index contributed by atoms with van der Waals surface area (Å²) in [7, 11) is 1.42. The number of alkyl halides is 3. The van der Waals surface area contributed by atoms with Gasteiger partial charge in [-0.2, -0.15) is 13.2 Å². The maximum Gasteiger partial charge on any atom is 0.433 e. The number of ether oxygens (including phenoxy) is 1. The van der Waals surface area contributed by atoms with E-state index in [2.05, 4.69) is 10.3 Å². The summed E-state index contributed by atoms with van der Waals surface area (Å²) >= 11 is 5.83. The van der Waals surface area contributed by atoms with E-state index in [1.807, 2.05) is 0 Å². The van der Waals surface area contributed by atoms with Crippen LogP contribution < -0.4 is 10.1 Å². The Morgan fingerprint density at radius 2 is 2.00 bits per heavy atom. The molecule has 0 bridgehead atoms. The molecule has 4 nitrogen and oxygen atoms in total. The zero-order valence-electron chi connectivity index (χ0n) is 11.2. The maximum atomic E-state index is 12.4. The predicted octanol–water partition coefficient (Wildman–Crippen LogP) is 4.01. The van der Waals surface area contributed by atoms with Crippen molar-refractivity contribution in [3.8, 4) is 5.75 Å². The lowest BCUT2D eigenvalue weighted by Gasteiger charge is -2.11. The van der Waals surface area contributed by atoms with E-state index in [-0.39, 0.29) is 5.56 Å². The Balaban J connectivity index is 2.21. The Morgan fingerprint density at radius 1 is 1.27 bits per heavy atom. The van der Waals surface area contributed by atoms with Gasteiger partial charge in [0.25, 0.3) is 5.91 Å². The van der Waals surface area contributed by atoms with Crippen LogP contribution in [-0.4, -0.2) is 18.0 Å². The number of carbonyl (C=O) groups is 1. The van der Waals surface area contributed by atoms with Gasteiger partial charge >= 0.3 is 6.18 Å². The highest BCUT2D eigenvalue weighted by Crippen LogP contribution is 2.29. The van der Waals surface area contributed by atoms with E-state index in [9.17, 15) is 18.0 Å². The normalized spacial score (nSPS) is 11.1. The van der Waals surface area contributed by atoms with Crippen molar-refractivity contribution >= 4 is 23.2 Å². The number of methoxy groups -OCH3 is 1. The molecule has 2 aromatic rings. The molecule has 0 saturated carbocycles. The first-order valence-corrected chi connectivity index (χ1v) is 6.37. The van der Waals surface area contributed by atoms with Gasteiger partial charge in [-0.15, -0.1) is 0 Å². The minimum Gasteiger partial charge on any atom is -0.495 e. The van der Waals surface area contributed by atoms with E-state index in [1.54, 1.807) is 12.1 Å². The molecule has 2 rings (SSSR count). The van der Waals surface area contributed by atoms with Crippen molar-refractivity contribution < 1.29 is 22.7 Å². The van der Waals surface area contributed by atoms with Crippen molar-refractivity contribution in [2.24, 2.45) is 0 Å². The Hall–Kier alpha value is -2.28. The highest BCUT2D eigenvalue weighted by molar-refractivity contribution is 6.31. The number of nitrogens with zero attached hydrogens (tertiary/aromatic N) is 1. The molecule has 0 fully saturated rings. The van der Waals surface area contributed by atoms with Crippen LogP contribution in [0, 0.1) is 0 Å². The first-order valence-electron chi connectivity index (χ1n) is 5.99. The molecule has 1 amide bonds. The molecule has 0 saturated heterocycles. The third-order valence-corrected chi connectivity index (χ3v) is 2.96. The number of benzene rings is 1. The Labute approximate surface area is 128 Å². The van der Waals surface area contributed by atoms with Crippen molar-refractivity contribution in [2.45, 2.75) is 6.18 Å². The van der Waals surface area contributed by atoms with Gasteiger partial charge in [0, 0.05) is 11.2 Å². The van der Waals surface area contributed by atoms with Crippen LogP contribution in [0.15, 0.2) is 36.5 Å². The summed E-state index contributed by atoms with van der Waals surface area (Å²) in [6, 6.07) is 6.39. The number of nitrogens with one attached hydrogen (secondary N) is 1. The maximum absolute atomic E-state index is 12.4. The van der Waals surface area contributed by atoms with Crippen LogP contribution in [0.2, 0.25) is 5.02 Å². The standard InChI is InChI=1S/C14H10ClF3N2O2/c1-22-11-4-3-9(15)6-10(11)20-13(21)8-2-5-12(19-7-8)14(16,17)18/h2-7H,1H3,(H,20,21). The van der Waals surface area contributed by atoms with Crippen molar-refractivity contribution in [3.63, 3.8) is 0 Å². The van der Waals surface area contributed by atoms with Gasteiger partial charge in [0.2, 0.25) is 0 Å². The number of carbonyl (C=O) groups excluding carboxylic acids is 1. The minimum atomic E-state index is -4.55. The molecular weight excluding hydrogens is 321 g/mol. The van der Waals surface area contributed by atoms with E-state index < -0.39 is 17.8 Å². The molecule has 0 spiro atoms. The summed E-state index contributed by atoms with van der Waals surface area (Å²) < 4.78 is 42.3. The molecule has 116 valence electrons. The van der Waals surface area contributed by atoms with Gasteiger partial charge in [0.05, 0.1) is 18.4 Å². The molecule has 22 heavy (non-hydrogen) atoms. The third-order valence-electron chi connectivity index (χ3n) is 2.73. The van der Waals surface area contributed by atoms with Gasteiger partial charge in [-0.1, -0.05) is 11.6 Å². The summed E-state index contributed by atoms with van der Waals surface area (Å²) in [5.41, 5.74) is -0.778. The average molecular weight is 331 g/mol. The largest absolute Gasteiger partial charge is 0.495 e. The van der Waals surface area contributed by atoms with Gasteiger partial charge < -0.3 is 10.1 Å². The van der Waals surface area contributed by atoms with Crippen LogP contribution >= 0.6 is 11.6 Å². The van der Waals surface area contributed by atoms with Crippen LogP contribution in [0.5, 0.6) is 5.75 Å². The fourth-order valence-corrected chi connectivity index (χ4v) is 1.84. The van der Waals surface area contributed by atoms with Gasteiger partial charge in [-0.25, -0.2) is 0 Å². The number of anilines is 1. The van der Waals surface area contributed by atoms with Crippen LogP contribution in [0.25, 0.3) is 0 Å². The third kappa shape index (κ3) is 3.67. The molecule has 8 heteroatoms. The molecule has 1 aromatic carbocycles. The second-order valence-electron chi connectivity index (χ2n) is 4.23. The van der Waals surface area contributed by atoms with Crippen LogP contribution in [0.3, 0.4) is 0 Å². The van der Waals surface area contributed by atoms with Crippen LogP contribution in [0.1, 0.15) is 16.1 Å². The summed E-state index contributed by atoms with van der Waals surface area (Å²) in [6.45, 7) is 0. The first kappa shape index (κ1) is 16.1. The van der Waals surface area contributed by atoms with E-state index in [0.717, 1.165) is 18.3 Å². The number of halogens is 4. The lowest BCUT2D eigenvalue weighted by molar-refractivity contribution is -0.141. The lowest BCUT2D eigenvalue weighted by Crippen LogP contribution is -2.14. The molecule has 0 radical (unpaired) electrons. The van der Waals surface area contributed by atoms with Crippen molar-refractivity contribution in [1.29, 1.82) is 0 Å². The number of hydrogen-bond acceptors (Lipinski definition) is 3. The number of amides is 1. The first-order chi connectivity index (χ1) is 10.3. The number of aromatic nitrogens is 1. The quantitative estimate of drug-likeness (QED) is 0.925. The molecule has 1 N–H and O–H groups in total. The Bertz CT molecular complexity index is 687. The van der Waals surface area contributed by atoms with Crippen molar-refractivity contribution in [2.75, 3.05) is 12.4 Å². The summed E-state index contributed by atoms with van der Waals surface area (Å²) in [4.78, 5) is 15.3. The van der Waals surface area contributed by atoms with E-state index in [1.165, 1.54) is 13.2 Å². The lowest BCUT2D eigenvalue weighted by atomic mass is 10.2. The predicted molar refractivity (Wildman–Crippen MR) is 75.2 cm³/mol. The fourth-order valence-electron chi connectivity index (χ4n) is 1.67. The van der Waals surface area contributed by atoms with E-state index in [0.29, 0.717) is 16.5 Å². The zero-order chi connectivity index (χ0) is 16.3. The Kier molecular flexibility index (Phi) is 4.56. The molecule has 0 aliphatic heterocycles. The molecule has 0 aliphatic carbocycles. The summed E-state index contributed by atoms with van der Waals surface area (Å²) in [5, 5.41) is 2.88. The minimum absolute atomic E-state index is 0.0185. The monoisotopic (exact) mass is 330 g/mol. The topological polar surface area (TPSA) is 51.2 Å². The molecule has 0 aliphatic rings. The fraction of sp³-hybridized carbons (Fsp3) is 0.143. The van der Waals surface area contributed by atoms with E-state index in [4.69, 9.17) is 16.3 Å². The van der Waals surface area contributed by atoms with Crippen LogP contribution in [0.4, 0.5) is 18.9 Å². The average Bonchev–Trinajstić information content (AvgIpc) is 2.46. The number of pyridine rings is 1. The van der Waals surface area contributed by atoms with Gasteiger partial charge in [-0.3, -0.25) is 9.78 Å². The van der Waals surface area contributed by atoms with Crippen molar-refractivity contribution in [1.82, 2.24) is 4.98 Å². The molecular formula is C14H10ClF3N2O2. The molecule has 1 aromatic heterocycles. The second kappa shape index (κ2) is 6.23. The highest BCUT2D eigenvalue weighted by atomic mass is 35.5. The van der Waals surface area contributed by atoms with Crippen LogP contribution in [-0.2, 0) is 6.18 Å². The molecule has 0 atom stereocenters. The Morgan fingerprint density at radius 3 is 2.55 bits per heavy atom. The SMILES string of the molecule is COc1ccc(Cl)cc1NC(=O)c1ccc(C(F)(F)F)nc1. The highest BCUT2D eigenvalue weighted by Gasteiger charge is 2.32. The summed E-state index contributed by atoms with van der Waals surface area (Å²) in [5.74, 6) is -0.251. The van der Waals surface area contributed by atoms with Crippen molar-refractivity contribution in [3.05, 3.63) is 52.8 Å². The summed E-state index contributed by atoms with van der Waals surface area (Å²) in [6.07, 6.45) is -3.69. The molecule has 0 unspecified atom stereocenters. The van der Waals surface area contributed by atoms with Gasteiger partial charge in [0.15, 0.2) is 0 Å². The number of hydrogen-bond donors (Lipinski definition) is 1.